The molecule has 16 heavy (non-hydrogen) atoms. The highest BCUT2D eigenvalue weighted by Crippen LogP contribution is 2.32. The summed E-state index contributed by atoms with van der Waals surface area (Å²) in [6.45, 7) is 4.46. The maximum Gasteiger partial charge on any atom is 0.0537 e. The van der Waals surface area contributed by atoms with E-state index in [1.165, 1.54) is 31.2 Å². The van der Waals surface area contributed by atoms with Crippen molar-refractivity contribution in [3.05, 3.63) is 18.0 Å². The first-order valence-electron chi connectivity index (χ1n) is 6.50. The van der Waals surface area contributed by atoms with Crippen LogP contribution in [0.3, 0.4) is 0 Å². The van der Waals surface area contributed by atoms with Gasteiger partial charge in [0.25, 0.3) is 0 Å². The number of nitrogens with zero attached hydrogens (tertiary/aromatic N) is 2. The molecule has 3 atom stereocenters. The van der Waals surface area contributed by atoms with Crippen LogP contribution in [0.25, 0.3) is 0 Å². The standard InChI is InChI=1S/C13H23N3/c1-3-13(14)11-8-15-16(9-11)12-6-4-5-10(2)7-12/h8-10,12-13H,3-7,14H2,1-2H3. The van der Waals surface area contributed by atoms with E-state index in [4.69, 9.17) is 5.73 Å². The van der Waals surface area contributed by atoms with Crippen molar-refractivity contribution in [2.24, 2.45) is 11.7 Å². The van der Waals surface area contributed by atoms with Gasteiger partial charge >= 0.3 is 0 Å². The minimum Gasteiger partial charge on any atom is -0.324 e. The molecule has 1 saturated carbocycles. The summed E-state index contributed by atoms with van der Waals surface area (Å²) in [5.74, 6) is 0.839. The van der Waals surface area contributed by atoms with Gasteiger partial charge in [0.1, 0.15) is 0 Å². The number of nitrogens with two attached hydrogens (primary N) is 1. The molecule has 0 aliphatic heterocycles. The molecule has 2 rings (SSSR count). The Balaban J connectivity index is 2.06. The number of hydrogen-bond donors (Lipinski definition) is 1. The highest BCUT2D eigenvalue weighted by Gasteiger charge is 2.21. The molecule has 0 aromatic carbocycles. The fourth-order valence-corrected chi connectivity index (χ4v) is 2.62. The molecule has 0 spiro atoms. The van der Waals surface area contributed by atoms with Crippen molar-refractivity contribution in [3.8, 4) is 0 Å². The molecule has 0 saturated heterocycles. The van der Waals surface area contributed by atoms with Crippen molar-refractivity contribution in [1.82, 2.24) is 9.78 Å². The summed E-state index contributed by atoms with van der Waals surface area (Å²) in [7, 11) is 0. The summed E-state index contributed by atoms with van der Waals surface area (Å²) in [6, 6.07) is 0.747. The molecule has 1 fully saturated rings. The lowest BCUT2D eigenvalue weighted by Crippen LogP contribution is -2.18. The summed E-state index contributed by atoms with van der Waals surface area (Å²) in [5.41, 5.74) is 7.19. The molecule has 1 aliphatic rings. The maximum absolute atomic E-state index is 6.01. The Bertz CT molecular complexity index is 332. The van der Waals surface area contributed by atoms with Gasteiger partial charge in [-0.25, -0.2) is 0 Å². The normalized spacial score (nSPS) is 27.9. The first-order chi connectivity index (χ1) is 7.70. The summed E-state index contributed by atoms with van der Waals surface area (Å²) < 4.78 is 2.14. The average Bonchev–Trinajstić information content (AvgIpc) is 2.77. The van der Waals surface area contributed by atoms with Crippen LogP contribution in [0.4, 0.5) is 0 Å². The Hall–Kier alpha value is -0.830. The second-order valence-electron chi connectivity index (χ2n) is 5.19. The van der Waals surface area contributed by atoms with Crippen LogP contribution in [-0.4, -0.2) is 9.78 Å². The maximum atomic E-state index is 6.01. The highest BCUT2D eigenvalue weighted by molar-refractivity contribution is 5.09. The molecule has 1 aliphatic carbocycles. The van der Waals surface area contributed by atoms with E-state index in [0.717, 1.165) is 12.3 Å². The fraction of sp³-hybridized carbons (Fsp3) is 0.769. The van der Waals surface area contributed by atoms with Crippen LogP contribution in [0.5, 0.6) is 0 Å². The first kappa shape index (κ1) is 11.6. The number of aromatic nitrogens is 2. The van der Waals surface area contributed by atoms with E-state index in [-0.39, 0.29) is 6.04 Å². The average molecular weight is 221 g/mol. The molecule has 3 heteroatoms. The highest BCUT2D eigenvalue weighted by atomic mass is 15.3. The lowest BCUT2D eigenvalue weighted by atomic mass is 9.87. The van der Waals surface area contributed by atoms with Gasteiger partial charge in [-0.05, 0) is 25.2 Å². The topological polar surface area (TPSA) is 43.8 Å². The van der Waals surface area contributed by atoms with Gasteiger partial charge in [-0.15, -0.1) is 0 Å². The third-order valence-corrected chi connectivity index (χ3v) is 3.77. The molecule has 1 aromatic heterocycles. The number of hydrogen-bond acceptors (Lipinski definition) is 2. The molecule has 3 unspecified atom stereocenters. The van der Waals surface area contributed by atoms with E-state index in [2.05, 4.69) is 29.8 Å². The van der Waals surface area contributed by atoms with Gasteiger partial charge in [0.15, 0.2) is 0 Å². The molecule has 90 valence electrons. The Morgan fingerprint density at radius 1 is 1.56 bits per heavy atom. The molecule has 2 N–H and O–H groups in total. The summed E-state index contributed by atoms with van der Waals surface area (Å²) in [4.78, 5) is 0. The number of rotatable bonds is 3. The zero-order valence-corrected chi connectivity index (χ0v) is 10.4. The Morgan fingerprint density at radius 3 is 3.06 bits per heavy atom. The molecule has 0 bridgehead atoms. The van der Waals surface area contributed by atoms with Crippen LogP contribution in [-0.2, 0) is 0 Å². The van der Waals surface area contributed by atoms with E-state index in [1.807, 2.05) is 6.20 Å². The quantitative estimate of drug-likeness (QED) is 0.852. The van der Waals surface area contributed by atoms with E-state index in [9.17, 15) is 0 Å². The zero-order valence-electron chi connectivity index (χ0n) is 10.4. The first-order valence-corrected chi connectivity index (χ1v) is 6.50. The van der Waals surface area contributed by atoms with Gasteiger partial charge < -0.3 is 5.73 Å². The molecule has 1 aromatic rings. The molecule has 1 heterocycles. The molecule has 3 nitrogen and oxygen atoms in total. The second-order valence-corrected chi connectivity index (χ2v) is 5.19. The predicted octanol–water partition coefficient (Wildman–Crippen LogP) is 3.04. The summed E-state index contributed by atoms with van der Waals surface area (Å²) >= 11 is 0. The SMILES string of the molecule is CCC(N)c1cnn(C2CCCC(C)C2)c1. The van der Waals surface area contributed by atoms with Crippen LogP contribution in [0, 0.1) is 5.92 Å². The zero-order chi connectivity index (χ0) is 11.5. The van der Waals surface area contributed by atoms with Crippen LogP contribution in [0.1, 0.15) is 63.6 Å². The van der Waals surface area contributed by atoms with Crippen molar-refractivity contribution in [2.75, 3.05) is 0 Å². The van der Waals surface area contributed by atoms with Gasteiger partial charge in [0, 0.05) is 17.8 Å². The van der Waals surface area contributed by atoms with Gasteiger partial charge in [-0.2, -0.15) is 5.10 Å². The van der Waals surface area contributed by atoms with Crippen LogP contribution >= 0.6 is 0 Å². The van der Waals surface area contributed by atoms with Crippen molar-refractivity contribution < 1.29 is 0 Å². The van der Waals surface area contributed by atoms with Crippen LogP contribution in [0.2, 0.25) is 0 Å². The van der Waals surface area contributed by atoms with Gasteiger partial charge in [-0.3, -0.25) is 4.68 Å². The monoisotopic (exact) mass is 221 g/mol. The van der Waals surface area contributed by atoms with Gasteiger partial charge in [0.05, 0.1) is 12.2 Å². The van der Waals surface area contributed by atoms with E-state index in [0.29, 0.717) is 6.04 Å². The molecule has 0 amide bonds. The van der Waals surface area contributed by atoms with Crippen LogP contribution in [0.15, 0.2) is 12.4 Å². The lowest BCUT2D eigenvalue weighted by Gasteiger charge is -2.26. The van der Waals surface area contributed by atoms with E-state index in [1.54, 1.807) is 0 Å². The third kappa shape index (κ3) is 2.46. The Kier molecular flexibility index (Phi) is 3.64. The largest absolute Gasteiger partial charge is 0.324 e. The van der Waals surface area contributed by atoms with Gasteiger partial charge in [-0.1, -0.05) is 26.7 Å². The summed E-state index contributed by atoms with van der Waals surface area (Å²) in [5, 5.41) is 4.48. The predicted molar refractivity (Wildman–Crippen MR) is 66.1 cm³/mol. The Labute approximate surface area is 98.0 Å². The van der Waals surface area contributed by atoms with Crippen molar-refractivity contribution >= 4 is 0 Å². The Morgan fingerprint density at radius 2 is 2.38 bits per heavy atom. The molecular formula is C13H23N3. The van der Waals surface area contributed by atoms with Crippen LogP contribution < -0.4 is 5.73 Å². The second kappa shape index (κ2) is 5.00. The lowest BCUT2D eigenvalue weighted by molar-refractivity contribution is 0.266. The minimum atomic E-state index is 0.148. The molecule has 0 radical (unpaired) electrons. The van der Waals surface area contributed by atoms with E-state index >= 15 is 0 Å². The minimum absolute atomic E-state index is 0.148. The fourth-order valence-electron chi connectivity index (χ4n) is 2.62. The van der Waals surface area contributed by atoms with Crippen molar-refractivity contribution in [2.45, 2.75) is 58.0 Å². The summed E-state index contributed by atoms with van der Waals surface area (Å²) in [6.07, 6.45) is 10.3. The molecular weight excluding hydrogens is 198 g/mol. The smallest absolute Gasteiger partial charge is 0.0537 e. The van der Waals surface area contributed by atoms with Crippen molar-refractivity contribution in [3.63, 3.8) is 0 Å². The third-order valence-electron chi connectivity index (χ3n) is 3.77. The van der Waals surface area contributed by atoms with Crippen molar-refractivity contribution in [1.29, 1.82) is 0 Å². The van der Waals surface area contributed by atoms with Gasteiger partial charge in [0.2, 0.25) is 0 Å². The van der Waals surface area contributed by atoms with E-state index < -0.39 is 0 Å².